The van der Waals surface area contributed by atoms with Gasteiger partial charge >= 0.3 is 0 Å². The van der Waals surface area contributed by atoms with Crippen molar-refractivity contribution in [1.82, 2.24) is 9.97 Å². The van der Waals surface area contributed by atoms with Gasteiger partial charge in [-0.15, -0.1) is 0 Å². The Morgan fingerprint density at radius 3 is 2.59 bits per heavy atom. The van der Waals surface area contributed by atoms with Crippen LogP contribution in [0.4, 0.5) is 11.6 Å². The molecule has 0 bridgehead atoms. The Kier molecular flexibility index (Phi) is 3.22. The lowest BCUT2D eigenvalue weighted by Gasteiger charge is -2.26. The zero-order chi connectivity index (χ0) is 12.5. The molecule has 1 fully saturated rings. The normalized spacial score (nSPS) is 16.6. The number of nitrogens with one attached hydrogen (secondary N) is 1. The first kappa shape index (κ1) is 12.1. The molecular formula is C13H22N4. The van der Waals surface area contributed by atoms with Gasteiger partial charge in [0.1, 0.15) is 17.5 Å². The van der Waals surface area contributed by atoms with Gasteiger partial charge in [0.15, 0.2) is 0 Å². The molecule has 1 aliphatic rings. The Morgan fingerprint density at radius 2 is 2.06 bits per heavy atom. The molecular weight excluding hydrogens is 212 g/mol. The Bertz CT molecular complexity index is 391. The van der Waals surface area contributed by atoms with Gasteiger partial charge in [-0.25, -0.2) is 9.97 Å². The van der Waals surface area contributed by atoms with Crippen LogP contribution in [-0.4, -0.2) is 16.5 Å². The zero-order valence-electron chi connectivity index (χ0n) is 11.0. The summed E-state index contributed by atoms with van der Waals surface area (Å²) in [4.78, 5) is 8.83. The maximum absolute atomic E-state index is 5.82. The summed E-state index contributed by atoms with van der Waals surface area (Å²) in [5.74, 6) is 3.01. The third-order valence-electron chi connectivity index (χ3n) is 3.21. The van der Waals surface area contributed by atoms with Gasteiger partial charge in [-0.3, -0.25) is 0 Å². The summed E-state index contributed by atoms with van der Waals surface area (Å²) in [7, 11) is 0. The van der Waals surface area contributed by atoms with E-state index in [-0.39, 0.29) is 5.41 Å². The zero-order valence-corrected chi connectivity index (χ0v) is 11.0. The van der Waals surface area contributed by atoms with E-state index < -0.39 is 0 Å². The minimum absolute atomic E-state index is 0.0672. The molecule has 4 heteroatoms. The maximum Gasteiger partial charge on any atom is 0.138 e. The number of rotatable bonds is 3. The van der Waals surface area contributed by atoms with E-state index in [0.717, 1.165) is 24.1 Å². The van der Waals surface area contributed by atoms with Crippen LogP contribution in [0.1, 0.15) is 45.9 Å². The molecule has 1 heterocycles. The molecule has 94 valence electrons. The molecule has 0 aliphatic heterocycles. The molecule has 0 saturated heterocycles. The van der Waals surface area contributed by atoms with Crippen molar-refractivity contribution < 1.29 is 0 Å². The number of aromatic nitrogens is 2. The first-order valence-electron chi connectivity index (χ1n) is 6.34. The molecule has 1 aliphatic carbocycles. The van der Waals surface area contributed by atoms with Crippen molar-refractivity contribution in [3.8, 4) is 0 Å². The van der Waals surface area contributed by atoms with Gasteiger partial charge in [-0.2, -0.15) is 0 Å². The smallest absolute Gasteiger partial charge is 0.138 e. The number of nitrogens with zero attached hydrogens (tertiary/aromatic N) is 2. The molecule has 1 aromatic heterocycles. The lowest BCUT2D eigenvalue weighted by atomic mass is 9.85. The van der Waals surface area contributed by atoms with E-state index >= 15 is 0 Å². The van der Waals surface area contributed by atoms with Crippen LogP contribution in [0.2, 0.25) is 0 Å². The van der Waals surface area contributed by atoms with E-state index in [0.29, 0.717) is 5.82 Å². The standard InChI is InChI=1S/C13H22N4/c1-13(2,3)12-16-10(14)7-11(17-12)15-8-9-5-4-6-9/h7,9H,4-6,8H2,1-3H3,(H3,14,15,16,17). The molecule has 4 nitrogen and oxygen atoms in total. The maximum atomic E-state index is 5.82. The molecule has 17 heavy (non-hydrogen) atoms. The van der Waals surface area contributed by atoms with Crippen molar-refractivity contribution in [2.45, 2.75) is 45.4 Å². The second kappa shape index (κ2) is 4.51. The highest BCUT2D eigenvalue weighted by molar-refractivity contribution is 5.45. The summed E-state index contributed by atoms with van der Waals surface area (Å²) in [5.41, 5.74) is 5.75. The first-order valence-corrected chi connectivity index (χ1v) is 6.34. The van der Waals surface area contributed by atoms with Crippen molar-refractivity contribution in [3.63, 3.8) is 0 Å². The second-order valence-corrected chi connectivity index (χ2v) is 5.93. The van der Waals surface area contributed by atoms with Gasteiger partial charge in [0.2, 0.25) is 0 Å². The Hall–Kier alpha value is -1.32. The Labute approximate surface area is 103 Å². The number of nitrogen functional groups attached to an aromatic ring is 1. The predicted molar refractivity (Wildman–Crippen MR) is 71.0 cm³/mol. The predicted octanol–water partition coefficient (Wildman–Crippen LogP) is 2.57. The fourth-order valence-electron chi connectivity index (χ4n) is 1.84. The molecule has 0 amide bonds. The van der Waals surface area contributed by atoms with Crippen molar-refractivity contribution in [2.75, 3.05) is 17.6 Å². The molecule has 0 spiro atoms. The van der Waals surface area contributed by atoms with E-state index in [4.69, 9.17) is 5.73 Å². The monoisotopic (exact) mass is 234 g/mol. The number of hydrogen-bond acceptors (Lipinski definition) is 4. The number of hydrogen-bond donors (Lipinski definition) is 2. The first-order chi connectivity index (χ1) is 7.95. The molecule has 1 aromatic rings. The number of anilines is 2. The fourth-order valence-corrected chi connectivity index (χ4v) is 1.84. The highest BCUT2D eigenvalue weighted by Gasteiger charge is 2.20. The van der Waals surface area contributed by atoms with Crippen LogP contribution in [0, 0.1) is 5.92 Å². The number of nitrogens with two attached hydrogens (primary N) is 1. The quantitative estimate of drug-likeness (QED) is 0.843. The SMILES string of the molecule is CC(C)(C)c1nc(N)cc(NCC2CCC2)n1. The van der Waals surface area contributed by atoms with E-state index in [1.807, 2.05) is 6.07 Å². The van der Waals surface area contributed by atoms with Crippen LogP contribution in [0.3, 0.4) is 0 Å². The van der Waals surface area contributed by atoms with Crippen LogP contribution in [-0.2, 0) is 5.41 Å². The summed E-state index contributed by atoms with van der Waals surface area (Å²) < 4.78 is 0. The minimum atomic E-state index is -0.0672. The van der Waals surface area contributed by atoms with Crippen LogP contribution >= 0.6 is 0 Å². The van der Waals surface area contributed by atoms with Crippen LogP contribution in [0.25, 0.3) is 0 Å². The van der Waals surface area contributed by atoms with Gasteiger partial charge in [0, 0.05) is 18.0 Å². The van der Waals surface area contributed by atoms with Crippen LogP contribution < -0.4 is 11.1 Å². The van der Waals surface area contributed by atoms with Crippen molar-refractivity contribution in [1.29, 1.82) is 0 Å². The summed E-state index contributed by atoms with van der Waals surface area (Å²) in [6.45, 7) is 7.28. The van der Waals surface area contributed by atoms with E-state index in [9.17, 15) is 0 Å². The molecule has 3 N–H and O–H groups in total. The summed E-state index contributed by atoms with van der Waals surface area (Å²) in [6.07, 6.45) is 4.03. The van der Waals surface area contributed by atoms with Crippen LogP contribution in [0.5, 0.6) is 0 Å². The van der Waals surface area contributed by atoms with Crippen LogP contribution in [0.15, 0.2) is 6.07 Å². The molecule has 2 rings (SSSR count). The highest BCUT2D eigenvalue weighted by atomic mass is 15.1. The van der Waals surface area contributed by atoms with Crippen molar-refractivity contribution in [3.05, 3.63) is 11.9 Å². The van der Waals surface area contributed by atoms with Gasteiger partial charge < -0.3 is 11.1 Å². The Morgan fingerprint density at radius 1 is 1.35 bits per heavy atom. The largest absolute Gasteiger partial charge is 0.384 e. The molecule has 1 saturated carbocycles. The van der Waals surface area contributed by atoms with Crippen molar-refractivity contribution >= 4 is 11.6 Å². The second-order valence-electron chi connectivity index (χ2n) is 5.93. The fraction of sp³-hybridized carbons (Fsp3) is 0.692. The molecule has 0 unspecified atom stereocenters. The van der Waals surface area contributed by atoms with Gasteiger partial charge in [0.05, 0.1) is 0 Å². The van der Waals surface area contributed by atoms with Gasteiger partial charge in [-0.1, -0.05) is 27.2 Å². The average molecular weight is 234 g/mol. The van der Waals surface area contributed by atoms with Gasteiger partial charge in [-0.05, 0) is 18.8 Å². The molecule has 0 atom stereocenters. The van der Waals surface area contributed by atoms with E-state index in [1.54, 1.807) is 0 Å². The lowest BCUT2D eigenvalue weighted by molar-refractivity contribution is 0.333. The molecule has 0 aromatic carbocycles. The van der Waals surface area contributed by atoms with Gasteiger partial charge in [0.25, 0.3) is 0 Å². The highest BCUT2D eigenvalue weighted by Crippen LogP contribution is 2.27. The average Bonchev–Trinajstić information content (AvgIpc) is 2.13. The summed E-state index contributed by atoms with van der Waals surface area (Å²) >= 11 is 0. The Balaban J connectivity index is 2.08. The summed E-state index contributed by atoms with van der Waals surface area (Å²) in [5, 5.41) is 3.37. The van der Waals surface area contributed by atoms with E-state index in [2.05, 4.69) is 36.1 Å². The lowest BCUT2D eigenvalue weighted by Crippen LogP contribution is -2.23. The third kappa shape index (κ3) is 3.08. The summed E-state index contributed by atoms with van der Waals surface area (Å²) in [6, 6.07) is 1.81. The topological polar surface area (TPSA) is 63.8 Å². The minimum Gasteiger partial charge on any atom is -0.384 e. The third-order valence-corrected chi connectivity index (χ3v) is 3.21. The van der Waals surface area contributed by atoms with E-state index in [1.165, 1.54) is 19.3 Å². The molecule has 0 radical (unpaired) electrons. The van der Waals surface area contributed by atoms with Crippen molar-refractivity contribution in [2.24, 2.45) is 5.92 Å².